The van der Waals surface area contributed by atoms with Crippen molar-refractivity contribution in [2.24, 2.45) is 0 Å². The molecule has 0 aliphatic carbocycles. The third kappa shape index (κ3) is 4.99. The first-order valence-electron chi connectivity index (χ1n) is 18.7. The van der Waals surface area contributed by atoms with E-state index in [0.717, 1.165) is 0 Å². The van der Waals surface area contributed by atoms with Crippen LogP contribution >= 0.6 is 0 Å². The van der Waals surface area contributed by atoms with Crippen LogP contribution in [0.1, 0.15) is 0 Å². The molecule has 0 spiro atoms. The molecule has 0 saturated carbocycles. The SMILES string of the molecule is c1ccc2cc(-c3ccc(-c4c5ccccc5c(-c5ccc6c(ccc7ccccc76)c5)c5ccc(-c6ccc7ccccc7c6)cc45)cc3)ccc2c1. The molecule has 0 aromatic heterocycles. The Morgan fingerprint density at radius 3 is 1.22 bits per heavy atom. The van der Waals surface area contributed by atoms with E-state index in [0.29, 0.717) is 0 Å². The molecule has 0 heteroatoms. The van der Waals surface area contributed by atoms with Crippen LogP contribution in [0.5, 0.6) is 0 Å². The third-order valence-electron chi connectivity index (χ3n) is 11.4. The van der Waals surface area contributed by atoms with Gasteiger partial charge in [-0.05, 0) is 133 Å². The van der Waals surface area contributed by atoms with E-state index < -0.39 is 0 Å². The van der Waals surface area contributed by atoms with Crippen LogP contribution in [0.3, 0.4) is 0 Å². The van der Waals surface area contributed by atoms with Gasteiger partial charge in [-0.15, -0.1) is 0 Å². The van der Waals surface area contributed by atoms with Crippen LogP contribution in [0.25, 0.3) is 109 Å². The molecule has 54 heavy (non-hydrogen) atoms. The van der Waals surface area contributed by atoms with E-state index in [4.69, 9.17) is 0 Å². The van der Waals surface area contributed by atoms with Crippen LogP contribution in [0.2, 0.25) is 0 Å². The van der Waals surface area contributed by atoms with Crippen LogP contribution in [0, 0.1) is 0 Å². The second-order valence-corrected chi connectivity index (χ2v) is 14.5. The molecule has 0 fully saturated rings. The molecular formula is C54H34. The minimum absolute atomic E-state index is 1.22. The van der Waals surface area contributed by atoms with Crippen molar-refractivity contribution in [1.82, 2.24) is 0 Å². The van der Waals surface area contributed by atoms with Gasteiger partial charge in [-0.3, -0.25) is 0 Å². The van der Waals surface area contributed by atoms with Gasteiger partial charge < -0.3 is 0 Å². The van der Waals surface area contributed by atoms with E-state index in [-0.39, 0.29) is 0 Å². The molecule has 0 nitrogen and oxygen atoms in total. The van der Waals surface area contributed by atoms with Gasteiger partial charge in [0.25, 0.3) is 0 Å². The molecule has 0 saturated heterocycles. The van der Waals surface area contributed by atoms with Gasteiger partial charge in [0.2, 0.25) is 0 Å². The van der Waals surface area contributed by atoms with Gasteiger partial charge in [0, 0.05) is 0 Å². The van der Waals surface area contributed by atoms with Crippen molar-refractivity contribution in [3.8, 4) is 44.5 Å². The van der Waals surface area contributed by atoms with E-state index in [1.165, 1.54) is 109 Å². The van der Waals surface area contributed by atoms with Gasteiger partial charge in [-0.2, -0.15) is 0 Å². The Balaban J connectivity index is 1.15. The summed E-state index contributed by atoms with van der Waals surface area (Å²) in [5.41, 5.74) is 9.88. The zero-order chi connectivity index (χ0) is 35.6. The van der Waals surface area contributed by atoms with Crippen LogP contribution in [0.15, 0.2) is 206 Å². The van der Waals surface area contributed by atoms with Crippen molar-refractivity contribution in [3.63, 3.8) is 0 Å². The standard InChI is InChI=1S/C54H34/c1-3-12-40-31-42(24-19-35(40)9-1)37-17-22-39(23-18-37)53-49-15-7-8-16-50(49)54(46-28-29-48-45(33-46)26-21-38-11-5-6-14-47(38)48)51-30-27-44(34-52(51)53)43-25-20-36-10-2-4-13-41(36)32-43/h1-34H. The summed E-state index contributed by atoms with van der Waals surface area (Å²) >= 11 is 0. The minimum Gasteiger partial charge on any atom is -0.0616 e. The molecule has 0 radical (unpaired) electrons. The van der Waals surface area contributed by atoms with Crippen LogP contribution in [-0.4, -0.2) is 0 Å². The summed E-state index contributed by atoms with van der Waals surface area (Å²) in [4.78, 5) is 0. The fraction of sp³-hybridized carbons (Fsp3) is 0. The molecule has 0 atom stereocenters. The Morgan fingerprint density at radius 1 is 0.167 bits per heavy atom. The maximum Gasteiger partial charge on any atom is -0.00261 e. The summed E-state index contributed by atoms with van der Waals surface area (Å²) in [5, 5.41) is 15.2. The lowest BCUT2D eigenvalue weighted by Crippen LogP contribution is -1.92. The highest BCUT2D eigenvalue weighted by Gasteiger charge is 2.18. The van der Waals surface area contributed by atoms with Crippen molar-refractivity contribution in [1.29, 1.82) is 0 Å². The summed E-state index contributed by atoms with van der Waals surface area (Å²) in [6, 6.07) is 76.3. The van der Waals surface area contributed by atoms with Crippen LogP contribution < -0.4 is 0 Å². The van der Waals surface area contributed by atoms with Crippen molar-refractivity contribution in [2.45, 2.75) is 0 Å². The molecule has 11 aromatic carbocycles. The first-order chi connectivity index (χ1) is 26.7. The highest BCUT2D eigenvalue weighted by atomic mass is 14.2. The molecule has 11 rings (SSSR count). The topological polar surface area (TPSA) is 0 Å². The summed E-state index contributed by atoms with van der Waals surface area (Å²) in [6.07, 6.45) is 0. The first kappa shape index (κ1) is 30.6. The third-order valence-corrected chi connectivity index (χ3v) is 11.4. The average Bonchev–Trinajstić information content (AvgIpc) is 3.25. The fourth-order valence-electron chi connectivity index (χ4n) is 8.72. The predicted octanol–water partition coefficient (Wildman–Crippen LogP) is 15.3. The van der Waals surface area contributed by atoms with E-state index in [1.54, 1.807) is 0 Å². The molecular weight excluding hydrogens is 649 g/mol. The Bertz CT molecular complexity index is 3260. The van der Waals surface area contributed by atoms with Gasteiger partial charge in [-0.25, -0.2) is 0 Å². The summed E-state index contributed by atoms with van der Waals surface area (Å²) < 4.78 is 0. The minimum atomic E-state index is 1.22. The Morgan fingerprint density at radius 2 is 0.537 bits per heavy atom. The molecule has 0 aliphatic rings. The summed E-state index contributed by atoms with van der Waals surface area (Å²) in [7, 11) is 0. The zero-order valence-electron chi connectivity index (χ0n) is 29.6. The predicted molar refractivity (Wildman–Crippen MR) is 233 cm³/mol. The molecule has 0 N–H and O–H groups in total. The quantitative estimate of drug-likeness (QED) is 0.128. The van der Waals surface area contributed by atoms with Crippen LogP contribution in [0.4, 0.5) is 0 Å². The highest BCUT2D eigenvalue weighted by Crippen LogP contribution is 2.46. The Labute approximate surface area is 314 Å². The van der Waals surface area contributed by atoms with E-state index >= 15 is 0 Å². The van der Waals surface area contributed by atoms with Crippen LogP contribution in [-0.2, 0) is 0 Å². The normalized spacial score (nSPS) is 11.7. The van der Waals surface area contributed by atoms with Gasteiger partial charge in [0.15, 0.2) is 0 Å². The highest BCUT2D eigenvalue weighted by molar-refractivity contribution is 6.22. The average molecular weight is 683 g/mol. The molecule has 0 aliphatic heterocycles. The Hall–Kier alpha value is -7.02. The van der Waals surface area contributed by atoms with Gasteiger partial charge in [-0.1, -0.05) is 182 Å². The number of hydrogen-bond acceptors (Lipinski definition) is 0. The van der Waals surface area contributed by atoms with Gasteiger partial charge in [0.1, 0.15) is 0 Å². The number of benzene rings is 11. The zero-order valence-corrected chi connectivity index (χ0v) is 29.6. The molecule has 11 aromatic rings. The monoisotopic (exact) mass is 682 g/mol. The van der Waals surface area contributed by atoms with Crippen molar-refractivity contribution in [2.75, 3.05) is 0 Å². The largest absolute Gasteiger partial charge is 0.0616 e. The lowest BCUT2D eigenvalue weighted by atomic mass is 9.84. The second kappa shape index (κ2) is 12.3. The number of fused-ring (bicyclic) bond motifs is 7. The summed E-state index contributed by atoms with van der Waals surface area (Å²) in [6.45, 7) is 0. The lowest BCUT2D eigenvalue weighted by molar-refractivity contribution is 1.62. The van der Waals surface area contributed by atoms with Gasteiger partial charge >= 0.3 is 0 Å². The maximum atomic E-state index is 2.43. The van der Waals surface area contributed by atoms with E-state index in [9.17, 15) is 0 Å². The van der Waals surface area contributed by atoms with E-state index in [2.05, 4.69) is 206 Å². The summed E-state index contributed by atoms with van der Waals surface area (Å²) in [5.74, 6) is 0. The molecule has 0 heterocycles. The molecule has 0 unspecified atom stereocenters. The fourth-order valence-corrected chi connectivity index (χ4v) is 8.72. The smallest absolute Gasteiger partial charge is 0.00261 e. The maximum absolute atomic E-state index is 2.43. The second-order valence-electron chi connectivity index (χ2n) is 14.5. The molecule has 0 bridgehead atoms. The lowest BCUT2D eigenvalue weighted by Gasteiger charge is -2.19. The van der Waals surface area contributed by atoms with E-state index in [1.807, 2.05) is 0 Å². The number of rotatable bonds is 4. The van der Waals surface area contributed by atoms with Crippen molar-refractivity contribution >= 4 is 64.6 Å². The Kier molecular flexibility index (Phi) is 6.97. The molecule has 250 valence electrons. The first-order valence-corrected chi connectivity index (χ1v) is 18.7. The molecule has 0 amide bonds. The number of hydrogen-bond donors (Lipinski definition) is 0. The van der Waals surface area contributed by atoms with Crippen molar-refractivity contribution < 1.29 is 0 Å². The van der Waals surface area contributed by atoms with Gasteiger partial charge in [0.05, 0.1) is 0 Å². The van der Waals surface area contributed by atoms with Crippen molar-refractivity contribution in [3.05, 3.63) is 206 Å².